The molecule has 1 aliphatic heterocycles. The van der Waals surface area contributed by atoms with Gasteiger partial charge in [-0.05, 0) is 50.1 Å². The van der Waals surface area contributed by atoms with E-state index in [1.54, 1.807) is 32.9 Å². The summed E-state index contributed by atoms with van der Waals surface area (Å²) in [5.74, 6) is -0.832. The second kappa shape index (κ2) is 7.68. The molecule has 0 spiro atoms. The van der Waals surface area contributed by atoms with E-state index in [1.807, 2.05) is 6.07 Å². The van der Waals surface area contributed by atoms with Crippen molar-refractivity contribution in [2.45, 2.75) is 32.1 Å². The summed E-state index contributed by atoms with van der Waals surface area (Å²) in [6.45, 7) is 5.48. The number of nitrogens with one attached hydrogen (secondary N) is 1. The first kappa shape index (κ1) is 21.1. The maximum absolute atomic E-state index is 13.2. The number of ether oxygens (including phenoxy) is 1. The molecule has 1 amide bonds. The van der Waals surface area contributed by atoms with Crippen molar-refractivity contribution in [1.82, 2.24) is 0 Å². The first-order valence-corrected chi connectivity index (χ1v) is 12.1. The highest BCUT2D eigenvalue weighted by Crippen LogP contribution is 2.34. The molecule has 1 fully saturated rings. The van der Waals surface area contributed by atoms with Gasteiger partial charge in [0.2, 0.25) is 15.9 Å². The van der Waals surface area contributed by atoms with Crippen molar-refractivity contribution in [3.05, 3.63) is 47.5 Å². The average Bonchev–Trinajstić information content (AvgIpc) is 2.92. The normalized spacial score (nSPS) is 16.1. The topological polar surface area (TPSA) is 110 Å². The van der Waals surface area contributed by atoms with Crippen LogP contribution in [0.3, 0.4) is 0 Å². The summed E-state index contributed by atoms with van der Waals surface area (Å²) >= 11 is 0. The standard InChI is InChI=1S/C19H22N2O6S2/c1-4-27-16-9-8-15(21-18(22)10-11-28(21,23)24)12-17(16)29(25,26)20-19-13(2)6-5-7-14(19)3/h5-9,12,20H,4,10-11H2,1-3H3. The number of carbonyl (C=O) groups is 1. The molecule has 8 nitrogen and oxygen atoms in total. The predicted octanol–water partition coefficient (Wildman–Crippen LogP) is 2.57. The van der Waals surface area contributed by atoms with Crippen molar-refractivity contribution in [1.29, 1.82) is 0 Å². The van der Waals surface area contributed by atoms with E-state index < -0.39 is 26.0 Å². The lowest BCUT2D eigenvalue weighted by molar-refractivity contribution is -0.116. The number of para-hydroxylation sites is 1. The fraction of sp³-hybridized carbons (Fsp3) is 0.316. The van der Waals surface area contributed by atoms with Gasteiger partial charge in [0.05, 0.1) is 23.7 Å². The second-order valence-electron chi connectivity index (χ2n) is 6.66. The van der Waals surface area contributed by atoms with Crippen molar-refractivity contribution in [2.24, 2.45) is 0 Å². The zero-order valence-electron chi connectivity index (χ0n) is 16.3. The van der Waals surface area contributed by atoms with Gasteiger partial charge in [0, 0.05) is 6.42 Å². The smallest absolute Gasteiger partial charge is 0.265 e. The second-order valence-corrected chi connectivity index (χ2v) is 10.2. The third-order valence-electron chi connectivity index (χ3n) is 4.55. The Morgan fingerprint density at radius 2 is 1.79 bits per heavy atom. The highest BCUT2D eigenvalue weighted by molar-refractivity contribution is 7.94. The van der Waals surface area contributed by atoms with Crippen LogP contribution in [0.15, 0.2) is 41.3 Å². The molecule has 0 unspecified atom stereocenters. The molecule has 156 valence electrons. The zero-order chi connectivity index (χ0) is 21.4. The predicted molar refractivity (Wildman–Crippen MR) is 110 cm³/mol. The van der Waals surface area contributed by atoms with Gasteiger partial charge in [0.15, 0.2) is 0 Å². The SMILES string of the molecule is CCOc1ccc(N2C(=O)CCS2(=O)=O)cc1S(=O)(=O)Nc1c(C)cccc1C. The van der Waals surface area contributed by atoms with Crippen LogP contribution in [-0.4, -0.2) is 35.1 Å². The molecule has 1 heterocycles. The molecular weight excluding hydrogens is 416 g/mol. The molecular formula is C19H22N2O6S2. The fourth-order valence-corrected chi connectivity index (χ4v) is 5.96. The minimum Gasteiger partial charge on any atom is -0.492 e. The van der Waals surface area contributed by atoms with Gasteiger partial charge in [-0.2, -0.15) is 0 Å². The highest BCUT2D eigenvalue weighted by atomic mass is 32.2. The summed E-state index contributed by atoms with van der Waals surface area (Å²) in [6.07, 6.45) is -0.141. The summed E-state index contributed by atoms with van der Waals surface area (Å²) in [7, 11) is -7.95. The Hall–Kier alpha value is -2.59. The largest absolute Gasteiger partial charge is 0.492 e. The molecule has 0 radical (unpaired) electrons. The van der Waals surface area contributed by atoms with Crippen LogP contribution in [-0.2, 0) is 24.8 Å². The Bertz CT molecular complexity index is 1150. The number of carbonyl (C=O) groups excluding carboxylic acids is 1. The quantitative estimate of drug-likeness (QED) is 0.742. The molecule has 2 aromatic carbocycles. The number of nitrogens with zero attached hydrogens (tertiary/aromatic N) is 1. The first-order chi connectivity index (χ1) is 13.6. The summed E-state index contributed by atoms with van der Waals surface area (Å²) in [5.41, 5.74) is 1.88. The highest BCUT2D eigenvalue weighted by Gasteiger charge is 2.37. The Kier molecular flexibility index (Phi) is 5.59. The first-order valence-electron chi connectivity index (χ1n) is 8.98. The Morgan fingerprint density at radius 1 is 1.14 bits per heavy atom. The minimum atomic E-state index is -4.13. The van der Waals surface area contributed by atoms with Crippen LogP contribution in [0.1, 0.15) is 24.5 Å². The molecule has 2 aromatic rings. The number of amides is 1. The third kappa shape index (κ3) is 4.08. The lowest BCUT2D eigenvalue weighted by Crippen LogP contribution is -2.29. The van der Waals surface area contributed by atoms with Crippen molar-refractivity contribution >= 4 is 37.3 Å². The Labute approximate surface area is 170 Å². The number of benzene rings is 2. The number of sulfonamides is 2. The summed E-state index contributed by atoms with van der Waals surface area (Å²) in [6, 6.07) is 9.25. The van der Waals surface area contributed by atoms with Crippen LogP contribution in [0, 0.1) is 13.8 Å². The Balaban J connectivity index is 2.12. The molecule has 0 saturated carbocycles. The lowest BCUT2D eigenvalue weighted by atomic mass is 10.1. The monoisotopic (exact) mass is 438 g/mol. The molecule has 0 atom stereocenters. The summed E-state index contributed by atoms with van der Waals surface area (Å²) in [4.78, 5) is 11.9. The molecule has 10 heteroatoms. The summed E-state index contributed by atoms with van der Waals surface area (Å²) < 4.78 is 59.5. The van der Waals surface area contributed by atoms with Crippen LogP contribution in [0.2, 0.25) is 0 Å². The number of rotatable bonds is 6. The number of anilines is 2. The van der Waals surface area contributed by atoms with Crippen molar-refractivity contribution in [2.75, 3.05) is 21.4 Å². The molecule has 1 aliphatic rings. The lowest BCUT2D eigenvalue weighted by Gasteiger charge is -2.19. The fourth-order valence-electron chi connectivity index (χ4n) is 3.14. The molecule has 29 heavy (non-hydrogen) atoms. The van der Waals surface area contributed by atoms with Crippen molar-refractivity contribution < 1.29 is 26.4 Å². The van der Waals surface area contributed by atoms with Crippen LogP contribution in [0.4, 0.5) is 11.4 Å². The van der Waals surface area contributed by atoms with E-state index in [4.69, 9.17) is 4.74 Å². The molecule has 3 rings (SSSR count). The van der Waals surface area contributed by atoms with Gasteiger partial charge in [-0.3, -0.25) is 9.52 Å². The van der Waals surface area contributed by atoms with E-state index >= 15 is 0 Å². The van der Waals surface area contributed by atoms with E-state index in [-0.39, 0.29) is 35.1 Å². The van der Waals surface area contributed by atoms with Crippen LogP contribution < -0.4 is 13.8 Å². The van der Waals surface area contributed by atoms with Crippen LogP contribution in [0.25, 0.3) is 0 Å². The van der Waals surface area contributed by atoms with Gasteiger partial charge in [-0.25, -0.2) is 21.1 Å². The van der Waals surface area contributed by atoms with Crippen molar-refractivity contribution in [3.63, 3.8) is 0 Å². The van der Waals surface area contributed by atoms with Gasteiger partial charge in [-0.15, -0.1) is 0 Å². The van der Waals surface area contributed by atoms with Crippen LogP contribution >= 0.6 is 0 Å². The third-order valence-corrected chi connectivity index (χ3v) is 7.61. The van der Waals surface area contributed by atoms with Crippen molar-refractivity contribution in [3.8, 4) is 5.75 Å². The van der Waals surface area contributed by atoms with Gasteiger partial charge >= 0.3 is 0 Å². The van der Waals surface area contributed by atoms with E-state index in [2.05, 4.69) is 4.72 Å². The zero-order valence-corrected chi connectivity index (χ0v) is 17.9. The number of hydrogen-bond acceptors (Lipinski definition) is 6. The molecule has 0 aromatic heterocycles. The average molecular weight is 439 g/mol. The van der Waals surface area contributed by atoms with E-state index in [9.17, 15) is 21.6 Å². The maximum atomic E-state index is 13.2. The van der Waals surface area contributed by atoms with Crippen LogP contribution in [0.5, 0.6) is 5.75 Å². The van der Waals surface area contributed by atoms with Gasteiger partial charge in [0.25, 0.3) is 10.0 Å². The number of hydrogen-bond donors (Lipinski definition) is 1. The Morgan fingerprint density at radius 3 is 2.34 bits per heavy atom. The molecule has 1 N–H and O–H groups in total. The van der Waals surface area contributed by atoms with E-state index in [1.165, 1.54) is 12.1 Å². The van der Waals surface area contributed by atoms with Gasteiger partial charge in [0.1, 0.15) is 10.6 Å². The van der Waals surface area contributed by atoms with Gasteiger partial charge < -0.3 is 4.74 Å². The molecule has 1 saturated heterocycles. The number of aryl methyl sites for hydroxylation is 2. The minimum absolute atomic E-state index is 0.0298. The van der Waals surface area contributed by atoms with E-state index in [0.717, 1.165) is 17.2 Å². The summed E-state index contributed by atoms with van der Waals surface area (Å²) in [5, 5.41) is 0. The molecule has 0 bridgehead atoms. The molecule has 0 aliphatic carbocycles. The van der Waals surface area contributed by atoms with Gasteiger partial charge in [-0.1, -0.05) is 18.2 Å². The van der Waals surface area contributed by atoms with E-state index in [0.29, 0.717) is 9.99 Å². The maximum Gasteiger partial charge on any atom is 0.265 e.